The van der Waals surface area contributed by atoms with Crippen LogP contribution in [0.3, 0.4) is 0 Å². The van der Waals surface area contributed by atoms with E-state index in [1.54, 1.807) is 24.3 Å². The van der Waals surface area contributed by atoms with Gasteiger partial charge in [-0.15, -0.1) is 3.89 Å². The monoisotopic (exact) mass is 406 g/mol. The molecule has 0 saturated heterocycles. The fourth-order valence-corrected chi connectivity index (χ4v) is 3.02. The number of amides is 1. The number of rotatable bonds is 5. The first kappa shape index (κ1) is 18.9. The second kappa shape index (κ2) is 7.77. The fourth-order valence-electron chi connectivity index (χ4n) is 2.45. The summed E-state index contributed by atoms with van der Waals surface area (Å²) in [6.07, 6.45) is 2.52. The molecule has 0 radical (unpaired) electrons. The first-order chi connectivity index (χ1) is 13.0. The van der Waals surface area contributed by atoms with Gasteiger partial charge >= 0.3 is 5.97 Å². The molecule has 3 rings (SSSR count). The molecule has 0 aliphatic carbocycles. The van der Waals surface area contributed by atoms with Gasteiger partial charge in [-0.25, -0.2) is 4.79 Å². The highest BCUT2D eigenvalue weighted by molar-refractivity contribution is 7.92. The molecule has 0 fully saturated rings. The third-order valence-corrected chi connectivity index (χ3v) is 4.25. The summed E-state index contributed by atoms with van der Waals surface area (Å²) in [4.78, 5) is 27.7. The number of carbonyl (C=O) groups is 2. The van der Waals surface area contributed by atoms with Crippen molar-refractivity contribution in [3.63, 3.8) is 0 Å². The molecule has 7 nitrogen and oxygen atoms in total. The van der Waals surface area contributed by atoms with Crippen molar-refractivity contribution in [1.29, 1.82) is 0 Å². The molecule has 1 N–H and O–H groups in total. The van der Waals surface area contributed by atoms with Gasteiger partial charge in [-0.05, 0) is 30.3 Å². The minimum Gasteiger partial charge on any atom is -0.464 e. The lowest BCUT2D eigenvalue weighted by Crippen LogP contribution is -2.07. The van der Waals surface area contributed by atoms with E-state index in [1.165, 1.54) is 13.3 Å². The Balaban J connectivity index is 2.13. The summed E-state index contributed by atoms with van der Waals surface area (Å²) < 4.78 is 18.7. The van der Waals surface area contributed by atoms with Gasteiger partial charge in [0.2, 0.25) is 5.91 Å². The van der Waals surface area contributed by atoms with Crippen molar-refractivity contribution >= 4 is 52.4 Å². The van der Waals surface area contributed by atoms with Crippen LogP contribution < -0.4 is 5.32 Å². The molecule has 0 aliphatic rings. The summed E-state index contributed by atoms with van der Waals surface area (Å²) in [5.41, 5.74) is 1.76. The van der Waals surface area contributed by atoms with Crippen LogP contribution in [0.5, 0.6) is 0 Å². The van der Waals surface area contributed by atoms with Gasteiger partial charge in [0.15, 0.2) is 18.0 Å². The van der Waals surface area contributed by atoms with Crippen LogP contribution in [0.2, 0.25) is 5.02 Å². The van der Waals surface area contributed by atoms with Gasteiger partial charge in [-0.3, -0.25) is 9.78 Å². The summed E-state index contributed by atoms with van der Waals surface area (Å²) in [6, 6.07) is 6.45. The first-order valence-corrected chi connectivity index (χ1v) is 8.52. The number of esters is 1. The van der Waals surface area contributed by atoms with Gasteiger partial charge < -0.3 is 10.1 Å². The van der Waals surface area contributed by atoms with Crippen LogP contribution in [-0.4, -0.2) is 33.2 Å². The predicted octanol–water partition coefficient (Wildman–Crippen LogP) is 4.04. The Labute approximate surface area is 162 Å². The molecule has 0 atom stereocenters. The number of nitrogens with zero attached hydrogens (tertiary/aromatic N) is 3. The molecule has 0 unspecified atom stereocenters. The Bertz CT molecular complexity index is 1070. The molecule has 2 heterocycles. The third kappa shape index (κ3) is 3.79. The topological polar surface area (TPSA) is 86.1 Å². The smallest absolute Gasteiger partial charge is 0.359 e. The van der Waals surface area contributed by atoms with Gasteiger partial charge in [0.05, 0.1) is 19.0 Å². The van der Waals surface area contributed by atoms with Crippen LogP contribution in [0.15, 0.2) is 43.1 Å². The van der Waals surface area contributed by atoms with Crippen molar-refractivity contribution in [2.45, 2.75) is 0 Å². The maximum atomic E-state index is 13.1. The molecule has 3 aromatic rings. The Morgan fingerprint density at radius 2 is 2.15 bits per heavy atom. The van der Waals surface area contributed by atoms with Crippen molar-refractivity contribution in [2.75, 3.05) is 12.4 Å². The number of hydrogen-bond acceptors (Lipinski definition) is 6. The van der Waals surface area contributed by atoms with Crippen molar-refractivity contribution in [1.82, 2.24) is 14.2 Å². The summed E-state index contributed by atoms with van der Waals surface area (Å²) in [6.45, 7) is 3.40. The number of hydrogen-bond donors (Lipinski definition) is 1. The van der Waals surface area contributed by atoms with Gasteiger partial charge in [0.25, 0.3) is 0 Å². The highest BCUT2D eigenvalue weighted by atomic mass is 35.5. The van der Waals surface area contributed by atoms with Crippen LogP contribution in [0.25, 0.3) is 22.2 Å². The number of carbonyl (C=O) groups excluding carboxylic acids is 2. The van der Waals surface area contributed by atoms with Crippen LogP contribution >= 0.6 is 23.9 Å². The molecule has 2 aromatic heterocycles. The Morgan fingerprint density at radius 3 is 2.81 bits per heavy atom. The minimum absolute atomic E-state index is 0.0384. The minimum atomic E-state index is -0.699. The molecule has 0 spiro atoms. The highest BCUT2D eigenvalue weighted by Crippen LogP contribution is 2.30. The van der Waals surface area contributed by atoms with Crippen LogP contribution in [0, 0.1) is 0 Å². The zero-order valence-corrected chi connectivity index (χ0v) is 15.5. The quantitative estimate of drug-likeness (QED) is 0.508. The van der Waals surface area contributed by atoms with Crippen LogP contribution in [0.4, 0.5) is 9.57 Å². The van der Waals surface area contributed by atoms with Crippen molar-refractivity contribution in [2.24, 2.45) is 0 Å². The van der Waals surface area contributed by atoms with E-state index in [0.29, 0.717) is 32.9 Å². The van der Waals surface area contributed by atoms with E-state index in [1.807, 2.05) is 0 Å². The number of anilines is 1. The fraction of sp³-hybridized carbons (Fsp3) is 0.0588. The number of methoxy groups -OCH3 is 1. The molecule has 1 aromatic carbocycles. The van der Waals surface area contributed by atoms with E-state index in [9.17, 15) is 13.5 Å². The van der Waals surface area contributed by atoms with E-state index in [4.69, 9.17) is 16.3 Å². The average molecular weight is 407 g/mol. The summed E-state index contributed by atoms with van der Waals surface area (Å²) >= 11 is 5.97. The molecule has 1 amide bonds. The molecule has 0 saturated carbocycles. The molecule has 27 heavy (non-hydrogen) atoms. The Hall–Kier alpha value is -2.91. The predicted molar refractivity (Wildman–Crippen MR) is 102 cm³/mol. The summed E-state index contributed by atoms with van der Waals surface area (Å²) in [5.74, 6) is -1.09. The zero-order chi connectivity index (χ0) is 19.6. The number of pyridine rings is 1. The van der Waals surface area contributed by atoms with Crippen LogP contribution in [-0.2, 0) is 9.53 Å². The van der Waals surface area contributed by atoms with E-state index in [-0.39, 0.29) is 23.9 Å². The standard InChI is InChI=1S/C17H12ClFN4O3S/c1-3-15(24)21-11-5-9(4-10(18)6-11)13-7-12-14(8-20-13)23(27-19)22-16(12)17(25)26-2/h3-8H,1H2,2H3,(H,21,24). The number of fused-ring (bicyclic) bond motifs is 1. The van der Waals surface area contributed by atoms with Gasteiger partial charge in [-0.1, -0.05) is 18.2 Å². The number of nitrogens with one attached hydrogen (secondary N) is 1. The SMILES string of the molecule is C=CC(=O)Nc1cc(Cl)cc(-c2cc3c(C(=O)OC)nn(SF)c3cn2)c1. The van der Waals surface area contributed by atoms with E-state index in [0.717, 1.165) is 10.2 Å². The molecule has 10 heteroatoms. The highest BCUT2D eigenvalue weighted by Gasteiger charge is 2.20. The maximum absolute atomic E-state index is 13.1. The van der Waals surface area contributed by atoms with Gasteiger partial charge in [0, 0.05) is 21.7 Å². The Kier molecular flexibility index (Phi) is 5.43. The first-order valence-electron chi connectivity index (χ1n) is 7.47. The van der Waals surface area contributed by atoms with E-state index >= 15 is 0 Å². The summed E-state index contributed by atoms with van der Waals surface area (Å²) in [5, 5.41) is 7.26. The maximum Gasteiger partial charge on any atom is 0.359 e. The average Bonchev–Trinajstić information content (AvgIpc) is 3.04. The van der Waals surface area contributed by atoms with Crippen molar-refractivity contribution < 1.29 is 18.2 Å². The lowest BCUT2D eigenvalue weighted by molar-refractivity contribution is -0.111. The number of ether oxygens (including phenoxy) is 1. The number of benzene rings is 1. The second-order valence-corrected chi connectivity index (χ2v) is 6.21. The lowest BCUT2D eigenvalue weighted by Gasteiger charge is -2.07. The van der Waals surface area contributed by atoms with Crippen molar-refractivity contribution in [3.8, 4) is 11.3 Å². The van der Waals surface area contributed by atoms with Gasteiger partial charge in [0.1, 0.15) is 5.52 Å². The molecule has 0 bridgehead atoms. The number of halogens is 2. The molecular weight excluding hydrogens is 395 g/mol. The molecule has 0 aliphatic heterocycles. The van der Waals surface area contributed by atoms with Crippen molar-refractivity contribution in [3.05, 3.63) is 53.8 Å². The van der Waals surface area contributed by atoms with E-state index in [2.05, 4.69) is 22.0 Å². The number of aromatic nitrogens is 3. The largest absolute Gasteiger partial charge is 0.464 e. The second-order valence-electron chi connectivity index (χ2n) is 5.29. The zero-order valence-electron chi connectivity index (χ0n) is 13.9. The van der Waals surface area contributed by atoms with Crippen LogP contribution in [0.1, 0.15) is 10.5 Å². The van der Waals surface area contributed by atoms with E-state index < -0.39 is 5.97 Å². The Morgan fingerprint density at radius 1 is 1.37 bits per heavy atom. The molecular formula is C17H12ClFN4O3S. The molecule has 138 valence electrons. The van der Waals surface area contributed by atoms with Gasteiger partial charge in [-0.2, -0.15) is 9.19 Å². The lowest BCUT2D eigenvalue weighted by atomic mass is 10.1. The third-order valence-electron chi connectivity index (χ3n) is 3.63. The summed E-state index contributed by atoms with van der Waals surface area (Å²) in [7, 11) is 1.21. The normalized spacial score (nSPS) is 10.6.